The minimum Gasteiger partial charge on any atom is -0.327 e. The zero-order valence-corrected chi connectivity index (χ0v) is 18.0. The fraction of sp³-hybridized carbons (Fsp3) is 0.192. The number of amides is 2. The third-order valence-electron chi connectivity index (χ3n) is 6.03. The summed E-state index contributed by atoms with van der Waals surface area (Å²) in [6, 6.07) is 22.7. The highest BCUT2D eigenvalue weighted by Crippen LogP contribution is 2.38. The quantitative estimate of drug-likeness (QED) is 0.469. The van der Waals surface area contributed by atoms with Gasteiger partial charge in [0.05, 0.1) is 11.0 Å². The average molecular weight is 425 g/mol. The number of hydrogen-bond acceptors (Lipinski definition) is 3. The first-order valence-electron chi connectivity index (χ1n) is 10.7. The van der Waals surface area contributed by atoms with E-state index in [4.69, 9.17) is 4.98 Å². The largest absolute Gasteiger partial charge is 0.327 e. The van der Waals surface area contributed by atoms with Crippen LogP contribution in [0.25, 0.3) is 22.4 Å². The number of benzene rings is 3. The number of imidazole rings is 1. The van der Waals surface area contributed by atoms with E-state index in [0.717, 1.165) is 28.8 Å². The van der Waals surface area contributed by atoms with Gasteiger partial charge in [0.1, 0.15) is 5.82 Å². The van der Waals surface area contributed by atoms with E-state index in [1.165, 1.54) is 0 Å². The maximum absolute atomic E-state index is 12.7. The molecule has 160 valence electrons. The Labute approximate surface area is 186 Å². The molecule has 1 aliphatic rings. The van der Waals surface area contributed by atoms with Crippen LogP contribution in [0.1, 0.15) is 23.7 Å². The maximum atomic E-state index is 12.7. The lowest BCUT2D eigenvalue weighted by Gasteiger charge is -2.09. The predicted molar refractivity (Wildman–Crippen MR) is 126 cm³/mol. The molecule has 1 aliphatic carbocycles. The third-order valence-corrected chi connectivity index (χ3v) is 6.03. The zero-order valence-electron chi connectivity index (χ0n) is 18.0. The van der Waals surface area contributed by atoms with Crippen LogP contribution in [0.4, 0.5) is 11.4 Å². The number of nitrogens with zero attached hydrogens (tertiary/aromatic N) is 2. The van der Waals surface area contributed by atoms with Gasteiger partial charge in [-0.1, -0.05) is 25.1 Å². The van der Waals surface area contributed by atoms with Crippen LogP contribution >= 0.6 is 0 Å². The highest BCUT2D eigenvalue weighted by molar-refractivity contribution is 6.05. The second-order valence-electron chi connectivity index (χ2n) is 8.40. The molecule has 3 aromatic carbocycles. The van der Waals surface area contributed by atoms with E-state index >= 15 is 0 Å². The number of aryl methyl sites for hydroxylation is 1. The van der Waals surface area contributed by atoms with Gasteiger partial charge >= 0.3 is 0 Å². The molecular formula is C26H24N4O2. The van der Waals surface area contributed by atoms with Crippen molar-refractivity contribution in [3.63, 3.8) is 0 Å². The van der Waals surface area contributed by atoms with Crippen molar-refractivity contribution < 1.29 is 9.59 Å². The van der Waals surface area contributed by atoms with Crippen molar-refractivity contribution >= 4 is 34.2 Å². The number of para-hydroxylation sites is 2. The summed E-state index contributed by atoms with van der Waals surface area (Å²) in [5, 5.41) is 5.83. The van der Waals surface area contributed by atoms with Gasteiger partial charge in [0.15, 0.2) is 0 Å². The minimum atomic E-state index is -0.226. The molecule has 0 saturated heterocycles. The summed E-state index contributed by atoms with van der Waals surface area (Å²) >= 11 is 0. The molecule has 4 aromatic rings. The standard InChI is InChI=1S/C26H24N4O2/c1-16-14-21(16)26(32)28-20-7-5-6-18(15-20)25(31)27-19-12-10-17(11-13-19)24-29-22-8-3-4-9-23(22)30(24)2/h3-13,15-16,21H,14H2,1-2H3,(H,27,31)(H,28,32). The van der Waals surface area contributed by atoms with Crippen LogP contribution in [0.15, 0.2) is 72.8 Å². The van der Waals surface area contributed by atoms with Crippen LogP contribution in [-0.2, 0) is 11.8 Å². The number of carbonyl (C=O) groups is 2. The van der Waals surface area contributed by atoms with Gasteiger partial charge in [0.2, 0.25) is 5.91 Å². The lowest BCUT2D eigenvalue weighted by molar-refractivity contribution is -0.117. The number of fused-ring (bicyclic) bond motifs is 1. The zero-order chi connectivity index (χ0) is 22.2. The molecule has 0 aliphatic heterocycles. The summed E-state index contributed by atoms with van der Waals surface area (Å²) in [5.41, 5.74) is 4.82. The topological polar surface area (TPSA) is 76.0 Å². The van der Waals surface area contributed by atoms with Crippen LogP contribution in [0.3, 0.4) is 0 Å². The van der Waals surface area contributed by atoms with Gasteiger partial charge < -0.3 is 15.2 Å². The first-order chi connectivity index (χ1) is 15.5. The Kier molecular flexibility index (Phi) is 4.98. The summed E-state index contributed by atoms with van der Waals surface area (Å²) in [5.74, 6) is 1.19. The molecule has 6 nitrogen and oxygen atoms in total. The normalized spacial score (nSPS) is 17.2. The molecule has 32 heavy (non-hydrogen) atoms. The smallest absolute Gasteiger partial charge is 0.255 e. The van der Waals surface area contributed by atoms with Crippen molar-refractivity contribution in [2.24, 2.45) is 18.9 Å². The summed E-state index contributed by atoms with van der Waals surface area (Å²) in [7, 11) is 2.00. The Bertz CT molecular complexity index is 1320. The van der Waals surface area contributed by atoms with E-state index in [2.05, 4.69) is 22.1 Å². The molecule has 1 fully saturated rings. The van der Waals surface area contributed by atoms with Crippen LogP contribution in [0.2, 0.25) is 0 Å². The Hall–Kier alpha value is -3.93. The second-order valence-corrected chi connectivity index (χ2v) is 8.40. The Morgan fingerprint density at radius 1 is 0.938 bits per heavy atom. The van der Waals surface area contributed by atoms with E-state index < -0.39 is 0 Å². The lowest BCUT2D eigenvalue weighted by Crippen LogP contribution is -2.16. The molecule has 1 saturated carbocycles. The number of anilines is 2. The maximum Gasteiger partial charge on any atom is 0.255 e. The average Bonchev–Trinajstić information content (AvgIpc) is 3.45. The van der Waals surface area contributed by atoms with Crippen molar-refractivity contribution in [3.8, 4) is 11.4 Å². The first kappa shape index (κ1) is 20.0. The number of aromatic nitrogens is 2. The van der Waals surface area contributed by atoms with Crippen molar-refractivity contribution in [2.75, 3.05) is 10.6 Å². The van der Waals surface area contributed by atoms with Crippen LogP contribution in [-0.4, -0.2) is 21.4 Å². The van der Waals surface area contributed by atoms with Gasteiger partial charge in [-0.05, 0) is 66.9 Å². The Balaban J connectivity index is 1.29. The Morgan fingerprint density at radius 2 is 1.69 bits per heavy atom. The van der Waals surface area contributed by atoms with Crippen molar-refractivity contribution in [1.29, 1.82) is 0 Å². The van der Waals surface area contributed by atoms with Crippen molar-refractivity contribution in [3.05, 3.63) is 78.4 Å². The number of nitrogens with one attached hydrogen (secondary N) is 2. The van der Waals surface area contributed by atoms with Gasteiger partial charge in [-0.2, -0.15) is 0 Å². The summed E-state index contributed by atoms with van der Waals surface area (Å²) in [6.07, 6.45) is 0.927. The molecule has 2 atom stereocenters. The van der Waals surface area contributed by atoms with Crippen molar-refractivity contribution in [1.82, 2.24) is 9.55 Å². The molecule has 6 heteroatoms. The molecule has 0 bridgehead atoms. The molecule has 2 N–H and O–H groups in total. The minimum absolute atomic E-state index is 0.0209. The fourth-order valence-electron chi connectivity index (χ4n) is 3.97. The fourth-order valence-corrected chi connectivity index (χ4v) is 3.97. The summed E-state index contributed by atoms with van der Waals surface area (Å²) in [4.78, 5) is 29.6. The third kappa shape index (κ3) is 3.87. The molecule has 2 amide bonds. The van der Waals surface area contributed by atoms with Crippen LogP contribution in [0, 0.1) is 11.8 Å². The van der Waals surface area contributed by atoms with Crippen molar-refractivity contribution in [2.45, 2.75) is 13.3 Å². The van der Waals surface area contributed by atoms with E-state index in [1.54, 1.807) is 24.3 Å². The van der Waals surface area contributed by atoms with Gasteiger partial charge in [-0.25, -0.2) is 4.98 Å². The monoisotopic (exact) mass is 424 g/mol. The molecule has 1 aromatic heterocycles. The highest BCUT2D eigenvalue weighted by Gasteiger charge is 2.39. The highest BCUT2D eigenvalue weighted by atomic mass is 16.2. The number of hydrogen-bond donors (Lipinski definition) is 2. The summed E-state index contributed by atoms with van der Waals surface area (Å²) < 4.78 is 2.06. The van der Waals surface area contributed by atoms with Gasteiger partial charge in [-0.15, -0.1) is 0 Å². The number of rotatable bonds is 5. The molecule has 0 radical (unpaired) electrons. The molecule has 0 spiro atoms. The van der Waals surface area contributed by atoms with Crippen LogP contribution < -0.4 is 10.6 Å². The second kappa shape index (κ2) is 7.96. The van der Waals surface area contributed by atoms with E-state index in [0.29, 0.717) is 22.9 Å². The molecule has 5 rings (SSSR count). The van der Waals surface area contributed by atoms with E-state index in [1.807, 2.05) is 55.6 Å². The first-order valence-corrected chi connectivity index (χ1v) is 10.7. The van der Waals surface area contributed by atoms with E-state index in [-0.39, 0.29) is 17.7 Å². The SMILES string of the molecule is CC1CC1C(=O)Nc1cccc(C(=O)Nc2ccc(-c3nc4ccccc4n3C)cc2)c1. The van der Waals surface area contributed by atoms with Crippen LogP contribution in [0.5, 0.6) is 0 Å². The molecular weight excluding hydrogens is 400 g/mol. The summed E-state index contributed by atoms with van der Waals surface area (Å²) in [6.45, 7) is 2.07. The van der Waals surface area contributed by atoms with Gasteiger partial charge in [-0.3, -0.25) is 9.59 Å². The van der Waals surface area contributed by atoms with Gasteiger partial charge in [0, 0.05) is 35.5 Å². The lowest BCUT2D eigenvalue weighted by atomic mass is 10.1. The number of carbonyl (C=O) groups excluding carboxylic acids is 2. The predicted octanol–water partition coefficient (Wildman–Crippen LogP) is 5.09. The van der Waals surface area contributed by atoms with Gasteiger partial charge in [0.25, 0.3) is 5.91 Å². The Morgan fingerprint density at radius 3 is 2.41 bits per heavy atom. The molecule has 2 unspecified atom stereocenters. The van der Waals surface area contributed by atoms with E-state index in [9.17, 15) is 9.59 Å². The molecule has 1 heterocycles.